The van der Waals surface area contributed by atoms with Crippen LogP contribution >= 0.6 is 0 Å². The van der Waals surface area contributed by atoms with Crippen LogP contribution in [-0.2, 0) is 0 Å². The summed E-state index contributed by atoms with van der Waals surface area (Å²) >= 11 is 0. The molecule has 0 saturated carbocycles. The quantitative estimate of drug-likeness (QED) is 0.851. The minimum absolute atomic E-state index is 0.0469. The largest absolute Gasteiger partial charge is 0.497 e. The molecule has 7 nitrogen and oxygen atoms in total. The third-order valence-electron chi connectivity index (χ3n) is 2.98. The highest BCUT2D eigenvalue weighted by Crippen LogP contribution is 2.30. The molecule has 7 heteroatoms. The standard InChI is InChI=1S/C16H20N4O3/c1-10(2)19-16(21)13-8-18-15(9-17-13)20-12-6-5-11(22-3)7-14(12)23-4/h5-10H,1-4H3,(H,18,20)(H,19,21). The Hall–Kier alpha value is -2.83. The number of carbonyl (C=O) groups excluding carboxylic acids is 1. The van der Waals surface area contributed by atoms with Gasteiger partial charge in [0.2, 0.25) is 0 Å². The minimum Gasteiger partial charge on any atom is -0.497 e. The molecule has 1 aromatic carbocycles. The van der Waals surface area contributed by atoms with Gasteiger partial charge in [0, 0.05) is 12.1 Å². The number of rotatable bonds is 6. The van der Waals surface area contributed by atoms with Gasteiger partial charge in [0.05, 0.1) is 32.3 Å². The van der Waals surface area contributed by atoms with Gasteiger partial charge >= 0.3 is 0 Å². The van der Waals surface area contributed by atoms with Gasteiger partial charge in [0.25, 0.3) is 5.91 Å². The Bertz CT molecular complexity index is 672. The first-order valence-electron chi connectivity index (χ1n) is 7.15. The Morgan fingerprint density at radius 1 is 1.13 bits per heavy atom. The van der Waals surface area contributed by atoms with Crippen molar-refractivity contribution >= 4 is 17.4 Å². The molecule has 2 rings (SSSR count). The van der Waals surface area contributed by atoms with Crippen LogP contribution in [0.4, 0.5) is 11.5 Å². The number of aromatic nitrogens is 2. The summed E-state index contributed by atoms with van der Waals surface area (Å²) in [5.41, 5.74) is 0.993. The normalized spacial score (nSPS) is 10.3. The van der Waals surface area contributed by atoms with Crippen molar-refractivity contribution in [3.8, 4) is 11.5 Å². The number of ether oxygens (including phenoxy) is 2. The fourth-order valence-corrected chi connectivity index (χ4v) is 1.89. The average molecular weight is 316 g/mol. The Morgan fingerprint density at radius 3 is 2.48 bits per heavy atom. The summed E-state index contributed by atoms with van der Waals surface area (Å²) < 4.78 is 10.5. The van der Waals surface area contributed by atoms with E-state index < -0.39 is 0 Å². The van der Waals surface area contributed by atoms with Crippen molar-refractivity contribution in [2.24, 2.45) is 0 Å². The molecule has 0 atom stereocenters. The van der Waals surface area contributed by atoms with Gasteiger partial charge in [-0.1, -0.05) is 0 Å². The van der Waals surface area contributed by atoms with Crippen LogP contribution in [0.5, 0.6) is 11.5 Å². The number of methoxy groups -OCH3 is 2. The van der Waals surface area contributed by atoms with E-state index in [-0.39, 0.29) is 17.6 Å². The molecule has 1 amide bonds. The highest BCUT2D eigenvalue weighted by molar-refractivity contribution is 5.92. The van der Waals surface area contributed by atoms with E-state index in [9.17, 15) is 4.79 Å². The van der Waals surface area contributed by atoms with Crippen LogP contribution in [0.3, 0.4) is 0 Å². The zero-order valence-corrected chi connectivity index (χ0v) is 13.6. The molecule has 0 radical (unpaired) electrons. The smallest absolute Gasteiger partial charge is 0.271 e. The van der Waals surface area contributed by atoms with Crippen LogP contribution in [0.25, 0.3) is 0 Å². The zero-order chi connectivity index (χ0) is 16.8. The van der Waals surface area contributed by atoms with Crippen LogP contribution in [0.15, 0.2) is 30.6 Å². The van der Waals surface area contributed by atoms with E-state index >= 15 is 0 Å². The van der Waals surface area contributed by atoms with E-state index in [1.54, 1.807) is 20.3 Å². The van der Waals surface area contributed by atoms with E-state index in [4.69, 9.17) is 9.47 Å². The second-order valence-corrected chi connectivity index (χ2v) is 5.11. The Labute approximate surface area is 135 Å². The molecule has 0 unspecified atom stereocenters. The lowest BCUT2D eigenvalue weighted by molar-refractivity contribution is 0.0937. The monoisotopic (exact) mass is 316 g/mol. The van der Waals surface area contributed by atoms with Gasteiger partial charge in [0.1, 0.15) is 23.0 Å². The molecule has 0 aliphatic carbocycles. The molecule has 1 heterocycles. The first-order valence-corrected chi connectivity index (χ1v) is 7.15. The van der Waals surface area contributed by atoms with Gasteiger partial charge in [-0.3, -0.25) is 4.79 Å². The zero-order valence-electron chi connectivity index (χ0n) is 13.6. The molecule has 0 aliphatic rings. The Morgan fingerprint density at radius 2 is 1.91 bits per heavy atom. The van der Waals surface area contributed by atoms with Gasteiger partial charge in [0.15, 0.2) is 0 Å². The van der Waals surface area contributed by atoms with E-state index in [2.05, 4.69) is 20.6 Å². The van der Waals surface area contributed by atoms with E-state index in [1.165, 1.54) is 12.4 Å². The van der Waals surface area contributed by atoms with Crippen LogP contribution in [0.2, 0.25) is 0 Å². The lowest BCUT2D eigenvalue weighted by Crippen LogP contribution is -2.30. The highest BCUT2D eigenvalue weighted by Gasteiger charge is 2.10. The fourth-order valence-electron chi connectivity index (χ4n) is 1.89. The molecule has 2 aromatic rings. The number of anilines is 2. The molecule has 122 valence electrons. The molecule has 0 saturated heterocycles. The van der Waals surface area contributed by atoms with Crippen molar-refractivity contribution in [1.82, 2.24) is 15.3 Å². The molecule has 1 aromatic heterocycles. The molecular formula is C16H20N4O3. The molecule has 0 aliphatic heterocycles. The van der Waals surface area contributed by atoms with Gasteiger partial charge in [-0.2, -0.15) is 0 Å². The lowest BCUT2D eigenvalue weighted by Gasteiger charge is -2.12. The number of benzene rings is 1. The average Bonchev–Trinajstić information content (AvgIpc) is 2.55. The summed E-state index contributed by atoms with van der Waals surface area (Å²) in [6.07, 6.45) is 2.93. The minimum atomic E-state index is -0.249. The Kier molecular flexibility index (Phi) is 5.35. The first kappa shape index (κ1) is 16.5. The van der Waals surface area contributed by atoms with Crippen LogP contribution in [0, 0.1) is 0 Å². The van der Waals surface area contributed by atoms with Crippen molar-refractivity contribution in [2.75, 3.05) is 19.5 Å². The predicted molar refractivity (Wildman–Crippen MR) is 87.5 cm³/mol. The summed E-state index contributed by atoms with van der Waals surface area (Å²) in [5.74, 6) is 1.57. The first-order chi connectivity index (χ1) is 11.0. The van der Waals surface area contributed by atoms with E-state index in [0.717, 1.165) is 5.69 Å². The van der Waals surface area contributed by atoms with E-state index in [0.29, 0.717) is 17.3 Å². The van der Waals surface area contributed by atoms with Crippen molar-refractivity contribution in [3.63, 3.8) is 0 Å². The van der Waals surface area contributed by atoms with Crippen LogP contribution in [0.1, 0.15) is 24.3 Å². The van der Waals surface area contributed by atoms with Crippen molar-refractivity contribution < 1.29 is 14.3 Å². The molecule has 23 heavy (non-hydrogen) atoms. The number of amides is 1. The van der Waals surface area contributed by atoms with Crippen molar-refractivity contribution in [1.29, 1.82) is 0 Å². The van der Waals surface area contributed by atoms with Crippen LogP contribution in [-0.4, -0.2) is 36.1 Å². The SMILES string of the molecule is COc1ccc(Nc2cnc(C(=O)NC(C)C)cn2)c(OC)c1. The summed E-state index contributed by atoms with van der Waals surface area (Å²) in [6.45, 7) is 3.77. The lowest BCUT2D eigenvalue weighted by atomic mass is 10.2. The number of nitrogens with zero attached hydrogens (tertiary/aromatic N) is 2. The van der Waals surface area contributed by atoms with E-state index in [1.807, 2.05) is 26.0 Å². The topological polar surface area (TPSA) is 85.4 Å². The van der Waals surface area contributed by atoms with Crippen molar-refractivity contribution in [2.45, 2.75) is 19.9 Å². The molecule has 0 spiro atoms. The van der Waals surface area contributed by atoms with Gasteiger partial charge in [-0.05, 0) is 26.0 Å². The second-order valence-electron chi connectivity index (χ2n) is 5.11. The number of carbonyl (C=O) groups is 1. The van der Waals surface area contributed by atoms with Gasteiger partial charge < -0.3 is 20.1 Å². The Balaban J connectivity index is 2.13. The maximum Gasteiger partial charge on any atom is 0.271 e. The highest BCUT2D eigenvalue weighted by atomic mass is 16.5. The predicted octanol–water partition coefficient (Wildman–Crippen LogP) is 2.38. The van der Waals surface area contributed by atoms with Crippen molar-refractivity contribution in [3.05, 3.63) is 36.3 Å². The summed E-state index contributed by atoms with van der Waals surface area (Å²) in [6, 6.07) is 5.44. The fraction of sp³-hybridized carbons (Fsp3) is 0.312. The van der Waals surface area contributed by atoms with Gasteiger partial charge in [-0.15, -0.1) is 0 Å². The number of nitrogens with one attached hydrogen (secondary N) is 2. The van der Waals surface area contributed by atoms with Crippen LogP contribution < -0.4 is 20.1 Å². The third-order valence-corrected chi connectivity index (χ3v) is 2.98. The molecule has 0 bridgehead atoms. The molecule has 0 fully saturated rings. The number of hydrogen-bond donors (Lipinski definition) is 2. The van der Waals surface area contributed by atoms with Gasteiger partial charge in [-0.25, -0.2) is 9.97 Å². The number of hydrogen-bond acceptors (Lipinski definition) is 6. The summed E-state index contributed by atoms with van der Waals surface area (Å²) in [7, 11) is 3.17. The third kappa shape index (κ3) is 4.32. The maximum atomic E-state index is 11.8. The maximum absolute atomic E-state index is 11.8. The molecule has 2 N–H and O–H groups in total. The summed E-state index contributed by atoms with van der Waals surface area (Å²) in [5, 5.41) is 5.86. The molecular weight excluding hydrogens is 296 g/mol. The second kappa shape index (κ2) is 7.44. The summed E-state index contributed by atoms with van der Waals surface area (Å²) in [4.78, 5) is 20.1.